The SMILES string of the molecule is CCOc1ccccc1C(=O)NC(C)c1ccc(N)cc1. The molecule has 0 spiro atoms. The molecule has 1 amide bonds. The predicted octanol–water partition coefficient (Wildman–Crippen LogP) is 3.16. The van der Waals surface area contributed by atoms with Gasteiger partial charge in [-0.2, -0.15) is 0 Å². The van der Waals surface area contributed by atoms with E-state index in [-0.39, 0.29) is 11.9 Å². The fourth-order valence-electron chi connectivity index (χ4n) is 2.08. The number of nitrogens with two attached hydrogens (primary N) is 1. The molecule has 4 heteroatoms. The van der Waals surface area contributed by atoms with E-state index in [9.17, 15) is 4.79 Å². The van der Waals surface area contributed by atoms with Crippen LogP contribution in [0.3, 0.4) is 0 Å². The zero-order chi connectivity index (χ0) is 15.2. The van der Waals surface area contributed by atoms with E-state index in [0.717, 1.165) is 5.56 Å². The van der Waals surface area contributed by atoms with Crippen LogP contribution in [0.4, 0.5) is 5.69 Å². The van der Waals surface area contributed by atoms with E-state index < -0.39 is 0 Å². The number of hydrogen-bond acceptors (Lipinski definition) is 3. The summed E-state index contributed by atoms with van der Waals surface area (Å²) in [6.07, 6.45) is 0. The molecule has 0 radical (unpaired) electrons. The van der Waals surface area contributed by atoms with E-state index in [1.165, 1.54) is 0 Å². The summed E-state index contributed by atoms with van der Waals surface area (Å²) in [4.78, 5) is 12.4. The number of ether oxygens (including phenoxy) is 1. The standard InChI is InChI=1S/C17H20N2O2/c1-3-21-16-7-5-4-6-15(16)17(20)19-12(2)13-8-10-14(18)11-9-13/h4-12H,3,18H2,1-2H3,(H,19,20). The summed E-state index contributed by atoms with van der Waals surface area (Å²) in [5.74, 6) is 0.449. The van der Waals surface area contributed by atoms with Gasteiger partial charge in [-0.3, -0.25) is 4.79 Å². The van der Waals surface area contributed by atoms with Gasteiger partial charge in [0.05, 0.1) is 18.2 Å². The topological polar surface area (TPSA) is 64.3 Å². The fourth-order valence-corrected chi connectivity index (χ4v) is 2.08. The molecule has 0 aliphatic carbocycles. The molecule has 2 rings (SSSR count). The Bertz CT molecular complexity index is 608. The summed E-state index contributed by atoms with van der Waals surface area (Å²) in [5, 5.41) is 2.97. The molecule has 1 atom stereocenters. The average Bonchev–Trinajstić information content (AvgIpc) is 2.48. The molecular weight excluding hydrogens is 264 g/mol. The smallest absolute Gasteiger partial charge is 0.255 e. The molecule has 0 saturated carbocycles. The molecule has 1 unspecified atom stereocenters. The van der Waals surface area contributed by atoms with E-state index in [1.807, 2.05) is 50.2 Å². The molecule has 2 aromatic carbocycles. The summed E-state index contributed by atoms with van der Waals surface area (Å²) in [5.41, 5.74) is 7.92. The number of amides is 1. The zero-order valence-electron chi connectivity index (χ0n) is 12.3. The molecule has 3 N–H and O–H groups in total. The number of nitrogen functional groups attached to an aromatic ring is 1. The Morgan fingerprint density at radius 2 is 1.86 bits per heavy atom. The van der Waals surface area contributed by atoms with Gasteiger partial charge >= 0.3 is 0 Å². The number of hydrogen-bond donors (Lipinski definition) is 2. The van der Waals surface area contributed by atoms with Crippen molar-refractivity contribution in [2.24, 2.45) is 0 Å². The molecule has 110 valence electrons. The highest BCUT2D eigenvalue weighted by Crippen LogP contribution is 2.20. The molecule has 0 aliphatic rings. The van der Waals surface area contributed by atoms with Gasteiger partial charge in [-0.05, 0) is 43.7 Å². The summed E-state index contributed by atoms with van der Waals surface area (Å²) >= 11 is 0. The molecule has 0 aliphatic heterocycles. The summed E-state index contributed by atoms with van der Waals surface area (Å²) in [6, 6.07) is 14.6. The highest BCUT2D eigenvalue weighted by molar-refractivity contribution is 5.97. The van der Waals surface area contributed by atoms with Crippen molar-refractivity contribution in [3.05, 3.63) is 59.7 Å². The van der Waals surface area contributed by atoms with Crippen molar-refractivity contribution in [1.29, 1.82) is 0 Å². The fraction of sp³-hybridized carbons (Fsp3) is 0.235. The lowest BCUT2D eigenvalue weighted by Gasteiger charge is -2.16. The second-order valence-corrected chi connectivity index (χ2v) is 4.79. The Hall–Kier alpha value is -2.49. The molecular formula is C17H20N2O2. The third kappa shape index (κ3) is 3.75. The van der Waals surface area contributed by atoms with Gasteiger partial charge in [0.2, 0.25) is 0 Å². The first-order valence-corrected chi connectivity index (χ1v) is 7.00. The molecule has 2 aromatic rings. The van der Waals surface area contributed by atoms with Crippen molar-refractivity contribution in [2.75, 3.05) is 12.3 Å². The number of carbonyl (C=O) groups excluding carboxylic acids is 1. The van der Waals surface area contributed by atoms with Crippen molar-refractivity contribution in [3.8, 4) is 5.75 Å². The van der Waals surface area contributed by atoms with Crippen LogP contribution in [0.25, 0.3) is 0 Å². The Balaban J connectivity index is 2.12. The van der Waals surface area contributed by atoms with Gasteiger partial charge in [-0.25, -0.2) is 0 Å². The first kappa shape index (κ1) is 14.9. The molecule has 0 saturated heterocycles. The maximum atomic E-state index is 12.4. The van der Waals surface area contributed by atoms with Gasteiger partial charge in [0.15, 0.2) is 0 Å². The maximum absolute atomic E-state index is 12.4. The zero-order valence-corrected chi connectivity index (χ0v) is 12.3. The van der Waals surface area contributed by atoms with Gasteiger partial charge < -0.3 is 15.8 Å². The Morgan fingerprint density at radius 3 is 2.52 bits per heavy atom. The second-order valence-electron chi connectivity index (χ2n) is 4.79. The summed E-state index contributed by atoms with van der Waals surface area (Å²) in [6.45, 7) is 4.36. The van der Waals surface area contributed by atoms with Crippen LogP contribution < -0.4 is 15.8 Å². The lowest BCUT2D eigenvalue weighted by Crippen LogP contribution is -2.27. The van der Waals surface area contributed by atoms with Gasteiger partial charge in [-0.15, -0.1) is 0 Å². The average molecular weight is 284 g/mol. The van der Waals surface area contributed by atoms with Crippen LogP contribution >= 0.6 is 0 Å². The van der Waals surface area contributed by atoms with Gasteiger partial charge in [0.1, 0.15) is 5.75 Å². The largest absolute Gasteiger partial charge is 0.493 e. The third-order valence-corrected chi connectivity index (χ3v) is 3.22. The number of rotatable bonds is 5. The number of carbonyl (C=O) groups is 1. The maximum Gasteiger partial charge on any atom is 0.255 e. The Labute approximate surface area is 124 Å². The molecule has 0 aromatic heterocycles. The number of nitrogens with one attached hydrogen (secondary N) is 1. The van der Waals surface area contributed by atoms with Crippen molar-refractivity contribution >= 4 is 11.6 Å². The van der Waals surface area contributed by atoms with Crippen molar-refractivity contribution in [1.82, 2.24) is 5.32 Å². The van der Waals surface area contributed by atoms with Crippen LogP contribution in [0, 0.1) is 0 Å². The summed E-state index contributed by atoms with van der Waals surface area (Å²) in [7, 11) is 0. The van der Waals surface area contributed by atoms with Gasteiger partial charge in [-0.1, -0.05) is 24.3 Å². The first-order valence-electron chi connectivity index (χ1n) is 7.00. The minimum atomic E-state index is -0.150. The van der Waals surface area contributed by atoms with Crippen molar-refractivity contribution in [3.63, 3.8) is 0 Å². The molecule has 4 nitrogen and oxygen atoms in total. The van der Waals surface area contributed by atoms with Gasteiger partial charge in [0.25, 0.3) is 5.91 Å². The molecule has 0 heterocycles. The predicted molar refractivity (Wildman–Crippen MR) is 84.3 cm³/mol. The van der Waals surface area contributed by atoms with Crippen LogP contribution in [0.5, 0.6) is 5.75 Å². The van der Waals surface area contributed by atoms with E-state index in [0.29, 0.717) is 23.6 Å². The number of benzene rings is 2. The van der Waals surface area contributed by atoms with Gasteiger partial charge in [0, 0.05) is 5.69 Å². The van der Waals surface area contributed by atoms with Crippen molar-refractivity contribution < 1.29 is 9.53 Å². The second kappa shape index (κ2) is 6.79. The molecule has 21 heavy (non-hydrogen) atoms. The first-order chi connectivity index (χ1) is 10.1. The Morgan fingerprint density at radius 1 is 1.19 bits per heavy atom. The van der Waals surface area contributed by atoms with Crippen LogP contribution in [-0.4, -0.2) is 12.5 Å². The van der Waals surface area contributed by atoms with E-state index >= 15 is 0 Å². The number of para-hydroxylation sites is 1. The lowest BCUT2D eigenvalue weighted by atomic mass is 10.1. The van der Waals surface area contributed by atoms with E-state index in [1.54, 1.807) is 12.1 Å². The van der Waals surface area contributed by atoms with Crippen molar-refractivity contribution in [2.45, 2.75) is 19.9 Å². The minimum Gasteiger partial charge on any atom is -0.493 e. The van der Waals surface area contributed by atoms with E-state index in [2.05, 4.69) is 5.32 Å². The van der Waals surface area contributed by atoms with Crippen LogP contribution in [-0.2, 0) is 0 Å². The minimum absolute atomic E-state index is 0.104. The van der Waals surface area contributed by atoms with Crippen LogP contribution in [0.2, 0.25) is 0 Å². The van der Waals surface area contributed by atoms with Crippen LogP contribution in [0.1, 0.15) is 35.8 Å². The third-order valence-electron chi connectivity index (χ3n) is 3.22. The highest BCUT2D eigenvalue weighted by Gasteiger charge is 2.15. The molecule has 0 fully saturated rings. The normalized spacial score (nSPS) is 11.7. The quantitative estimate of drug-likeness (QED) is 0.829. The summed E-state index contributed by atoms with van der Waals surface area (Å²) < 4.78 is 5.48. The molecule has 0 bridgehead atoms. The lowest BCUT2D eigenvalue weighted by molar-refractivity contribution is 0.0936. The van der Waals surface area contributed by atoms with Crippen LogP contribution in [0.15, 0.2) is 48.5 Å². The number of anilines is 1. The monoisotopic (exact) mass is 284 g/mol. The Kier molecular flexibility index (Phi) is 4.82. The highest BCUT2D eigenvalue weighted by atomic mass is 16.5. The van der Waals surface area contributed by atoms with E-state index in [4.69, 9.17) is 10.5 Å².